The van der Waals surface area contributed by atoms with Crippen LogP contribution in [-0.4, -0.2) is 4.92 Å². The maximum Gasteiger partial charge on any atom is 0.246 e. The van der Waals surface area contributed by atoms with Crippen LogP contribution in [0.15, 0.2) is 28.4 Å². The van der Waals surface area contributed by atoms with Gasteiger partial charge in [-0.1, -0.05) is 34.5 Å². The van der Waals surface area contributed by atoms with Gasteiger partial charge in [0.15, 0.2) is 0 Å². The van der Waals surface area contributed by atoms with Gasteiger partial charge >= 0.3 is 0 Å². The second-order valence-electron chi connectivity index (χ2n) is 2.91. The molecule has 0 bridgehead atoms. The van der Waals surface area contributed by atoms with Crippen molar-refractivity contribution in [1.29, 1.82) is 0 Å². The molecule has 0 atom stereocenters. The molecule has 1 aromatic carbocycles. The van der Waals surface area contributed by atoms with E-state index in [1.165, 1.54) is 6.08 Å². The van der Waals surface area contributed by atoms with Gasteiger partial charge in [-0.15, -0.1) is 0 Å². The Morgan fingerprint density at radius 1 is 1.67 bits per heavy atom. The molecule has 0 aliphatic carbocycles. The molecule has 15 heavy (non-hydrogen) atoms. The van der Waals surface area contributed by atoms with Crippen LogP contribution in [0, 0.1) is 10.1 Å². The summed E-state index contributed by atoms with van der Waals surface area (Å²) in [4.78, 5) is 10.2. The molecule has 0 aliphatic rings. The lowest BCUT2D eigenvalue weighted by Crippen LogP contribution is -1.96. The topological polar surface area (TPSA) is 43.1 Å². The third kappa shape index (κ3) is 3.32. The number of halogens is 2. The highest BCUT2D eigenvalue weighted by molar-refractivity contribution is 9.10. The molecule has 1 aromatic rings. The van der Waals surface area contributed by atoms with Crippen LogP contribution in [0.5, 0.6) is 0 Å². The molecule has 0 radical (unpaired) electrons. The highest BCUT2D eigenvalue weighted by Crippen LogP contribution is 2.24. The first-order chi connectivity index (χ1) is 7.04. The van der Waals surface area contributed by atoms with Crippen molar-refractivity contribution in [3.63, 3.8) is 0 Å². The zero-order valence-corrected chi connectivity index (χ0v) is 10.4. The SMILES string of the molecule is CCC(=Cc1cc(Cl)ccc1Br)[N+](=O)[O-]. The van der Waals surface area contributed by atoms with Crippen LogP contribution in [0.2, 0.25) is 5.02 Å². The van der Waals surface area contributed by atoms with Crippen molar-refractivity contribution in [3.05, 3.63) is 49.1 Å². The average Bonchev–Trinajstić information content (AvgIpc) is 2.18. The molecule has 0 spiro atoms. The number of allylic oxidation sites excluding steroid dienone is 1. The summed E-state index contributed by atoms with van der Waals surface area (Å²) in [6.07, 6.45) is 1.90. The lowest BCUT2D eigenvalue weighted by Gasteiger charge is -2.00. The van der Waals surface area contributed by atoms with E-state index >= 15 is 0 Å². The Hall–Kier alpha value is -0.870. The largest absolute Gasteiger partial charge is 0.259 e. The molecule has 0 unspecified atom stereocenters. The molecule has 5 heteroatoms. The second-order valence-corrected chi connectivity index (χ2v) is 4.20. The van der Waals surface area contributed by atoms with Gasteiger partial charge in [0.2, 0.25) is 5.70 Å². The zero-order chi connectivity index (χ0) is 11.4. The van der Waals surface area contributed by atoms with Crippen molar-refractivity contribution in [2.45, 2.75) is 13.3 Å². The minimum absolute atomic E-state index is 0.165. The summed E-state index contributed by atoms with van der Waals surface area (Å²) in [6.45, 7) is 1.74. The first-order valence-corrected chi connectivity index (χ1v) is 5.51. The number of hydrogen-bond donors (Lipinski definition) is 0. The van der Waals surface area contributed by atoms with Gasteiger partial charge in [-0.05, 0) is 23.8 Å². The molecule has 3 nitrogen and oxygen atoms in total. The molecule has 0 aromatic heterocycles. The van der Waals surface area contributed by atoms with Gasteiger partial charge < -0.3 is 0 Å². The predicted octanol–water partition coefficient (Wildman–Crippen LogP) is 4.13. The lowest BCUT2D eigenvalue weighted by atomic mass is 10.2. The van der Waals surface area contributed by atoms with Crippen molar-refractivity contribution in [2.75, 3.05) is 0 Å². The van der Waals surface area contributed by atoms with Crippen LogP contribution < -0.4 is 0 Å². The lowest BCUT2D eigenvalue weighted by molar-refractivity contribution is -0.425. The molecular formula is C10H9BrClNO2. The minimum Gasteiger partial charge on any atom is -0.259 e. The summed E-state index contributed by atoms with van der Waals surface area (Å²) in [5, 5.41) is 11.2. The van der Waals surface area contributed by atoms with Gasteiger partial charge in [-0.2, -0.15) is 0 Å². The first kappa shape index (κ1) is 12.2. The Morgan fingerprint density at radius 2 is 2.33 bits per heavy atom. The van der Waals surface area contributed by atoms with Gasteiger partial charge in [0.1, 0.15) is 0 Å². The van der Waals surface area contributed by atoms with Crippen molar-refractivity contribution in [2.24, 2.45) is 0 Å². The van der Waals surface area contributed by atoms with Gasteiger partial charge in [-0.25, -0.2) is 0 Å². The summed E-state index contributed by atoms with van der Waals surface area (Å²) in [5.41, 5.74) is 0.883. The van der Waals surface area contributed by atoms with E-state index in [0.717, 1.165) is 10.0 Å². The van der Waals surface area contributed by atoms with E-state index in [9.17, 15) is 10.1 Å². The fourth-order valence-electron chi connectivity index (χ4n) is 1.09. The van der Waals surface area contributed by atoms with Crippen molar-refractivity contribution >= 4 is 33.6 Å². The molecular weight excluding hydrogens is 281 g/mol. The number of rotatable bonds is 3. The van der Waals surface area contributed by atoms with E-state index in [0.29, 0.717) is 11.4 Å². The van der Waals surface area contributed by atoms with Crippen molar-refractivity contribution in [3.8, 4) is 0 Å². The quantitative estimate of drug-likeness (QED) is 0.620. The van der Waals surface area contributed by atoms with E-state index in [-0.39, 0.29) is 10.6 Å². The zero-order valence-electron chi connectivity index (χ0n) is 8.04. The smallest absolute Gasteiger partial charge is 0.246 e. The van der Waals surface area contributed by atoms with Gasteiger partial charge in [0.25, 0.3) is 0 Å². The van der Waals surface area contributed by atoms with E-state index < -0.39 is 0 Å². The van der Waals surface area contributed by atoms with E-state index in [1.807, 2.05) is 0 Å². The van der Waals surface area contributed by atoms with Crippen LogP contribution in [0.4, 0.5) is 0 Å². The standard InChI is InChI=1S/C10H9BrClNO2/c1-2-9(13(14)15)6-7-5-8(12)3-4-10(7)11/h3-6H,2H2,1H3. The van der Waals surface area contributed by atoms with E-state index in [1.54, 1.807) is 25.1 Å². The summed E-state index contributed by atoms with van der Waals surface area (Å²) in [5.74, 6) is 0. The molecule has 1 rings (SSSR count). The molecule has 0 amide bonds. The fourth-order valence-corrected chi connectivity index (χ4v) is 1.63. The third-order valence-electron chi connectivity index (χ3n) is 1.88. The van der Waals surface area contributed by atoms with Gasteiger partial charge in [0.05, 0.1) is 4.92 Å². The Labute approximate surface area is 101 Å². The molecule has 80 valence electrons. The average molecular weight is 291 g/mol. The second kappa shape index (κ2) is 5.28. The summed E-state index contributed by atoms with van der Waals surface area (Å²) in [7, 11) is 0. The maximum atomic E-state index is 10.6. The maximum absolute atomic E-state index is 10.6. The van der Waals surface area contributed by atoms with Crippen molar-refractivity contribution in [1.82, 2.24) is 0 Å². The summed E-state index contributed by atoms with van der Waals surface area (Å²) < 4.78 is 0.791. The Balaban J connectivity index is 3.16. The fraction of sp³-hybridized carbons (Fsp3) is 0.200. The van der Waals surface area contributed by atoms with E-state index in [4.69, 9.17) is 11.6 Å². The highest BCUT2D eigenvalue weighted by atomic mass is 79.9. The monoisotopic (exact) mass is 289 g/mol. The number of nitro groups is 1. The highest BCUT2D eigenvalue weighted by Gasteiger charge is 2.08. The van der Waals surface area contributed by atoms with Crippen LogP contribution >= 0.6 is 27.5 Å². The third-order valence-corrected chi connectivity index (χ3v) is 2.83. The van der Waals surface area contributed by atoms with Crippen LogP contribution in [0.25, 0.3) is 6.08 Å². The van der Waals surface area contributed by atoms with Gasteiger partial charge in [-0.3, -0.25) is 10.1 Å². The Bertz CT molecular complexity index is 418. The Kier molecular flexibility index (Phi) is 4.29. The molecule has 0 fully saturated rings. The number of nitrogens with zero attached hydrogens (tertiary/aromatic N) is 1. The van der Waals surface area contributed by atoms with E-state index in [2.05, 4.69) is 15.9 Å². The molecule has 0 aliphatic heterocycles. The number of hydrogen-bond acceptors (Lipinski definition) is 2. The van der Waals surface area contributed by atoms with Crippen LogP contribution in [-0.2, 0) is 0 Å². The van der Waals surface area contributed by atoms with Gasteiger partial charge in [0, 0.05) is 22.0 Å². The molecule has 0 heterocycles. The minimum atomic E-state index is -0.382. The molecule has 0 saturated carbocycles. The van der Waals surface area contributed by atoms with Crippen LogP contribution in [0.3, 0.4) is 0 Å². The summed E-state index contributed by atoms with van der Waals surface area (Å²) in [6, 6.07) is 5.17. The van der Waals surface area contributed by atoms with Crippen molar-refractivity contribution < 1.29 is 4.92 Å². The summed E-state index contributed by atoms with van der Waals surface area (Å²) >= 11 is 9.11. The molecule has 0 N–H and O–H groups in total. The molecule has 0 saturated heterocycles. The van der Waals surface area contributed by atoms with Crippen LogP contribution in [0.1, 0.15) is 18.9 Å². The number of benzene rings is 1. The first-order valence-electron chi connectivity index (χ1n) is 4.34. The Morgan fingerprint density at radius 3 is 2.87 bits per heavy atom. The normalized spacial score (nSPS) is 11.5. The predicted molar refractivity (Wildman–Crippen MR) is 64.4 cm³/mol.